The number of ether oxygens (including phenoxy) is 1. The van der Waals surface area contributed by atoms with E-state index in [9.17, 15) is 0 Å². The number of aromatic nitrogens is 2. The van der Waals surface area contributed by atoms with Crippen molar-refractivity contribution in [2.45, 2.75) is 45.7 Å². The molecule has 5 nitrogen and oxygen atoms in total. The van der Waals surface area contributed by atoms with Gasteiger partial charge in [0.2, 0.25) is 5.89 Å². The summed E-state index contributed by atoms with van der Waals surface area (Å²) in [6.45, 7) is 9.01. The Kier molecular flexibility index (Phi) is 4.12. The molecule has 1 fully saturated rings. The van der Waals surface area contributed by atoms with E-state index in [0.29, 0.717) is 17.9 Å². The quantitative estimate of drug-likeness (QED) is 0.795. The van der Waals surface area contributed by atoms with Crippen LogP contribution in [0, 0.1) is 6.92 Å². The molecule has 0 N–H and O–H groups in total. The van der Waals surface area contributed by atoms with Crippen molar-refractivity contribution in [1.82, 2.24) is 15.0 Å². The highest BCUT2D eigenvalue weighted by atomic mass is 16.5. The molecule has 1 aliphatic rings. The maximum Gasteiger partial charge on any atom is 0.226 e. The van der Waals surface area contributed by atoms with Crippen LogP contribution < -0.4 is 0 Å². The molecule has 1 aromatic heterocycles. The monoisotopic (exact) mass is 239 g/mol. The highest BCUT2D eigenvalue weighted by molar-refractivity contribution is 4.84. The second-order valence-electron chi connectivity index (χ2n) is 4.81. The lowest BCUT2D eigenvalue weighted by Gasteiger charge is -2.38. The summed E-state index contributed by atoms with van der Waals surface area (Å²) in [5, 5.41) is 3.79. The minimum Gasteiger partial charge on any atom is -0.378 e. The van der Waals surface area contributed by atoms with Gasteiger partial charge in [-0.1, -0.05) is 5.16 Å². The lowest BCUT2D eigenvalue weighted by Crippen LogP contribution is -2.49. The number of hydrogen-bond donors (Lipinski definition) is 0. The van der Waals surface area contributed by atoms with Gasteiger partial charge in [0, 0.05) is 18.5 Å². The van der Waals surface area contributed by atoms with Crippen molar-refractivity contribution in [3.8, 4) is 0 Å². The Hall–Kier alpha value is -0.940. The smallest absolute Gasteiger partial charge is 0.226 e. The average molecular weight is 239 g/mol. The van der Waals surface area contributed by atoms with Crippen LogP contribution >= 0.6 is 0 Å². The van der Waals surface area contributed by atoms with Crippen molar-refractivity contribution >= 4 is 0 Å². The molecule has 0 amide bonds. The van der Waals surface area contributed by atoms with Crippen molar-refractivity contribution in [1.29, 1.82) is 0 Å². The molecule has 1 saturated heterocycles. The molecule has 0 aromatic carbocycles. The average Bonchev–Trinajstić information content (AvgIpc) is 2.69. The van der Waals surface area contributed by atoms with E-state index in [1.54, 1.807) is 0 Å². The first-order valence-corrected chi connectivity index (χ1v) is 6.29. The molecular weight excluding hydrogens is 218 g/mol. The summed E-state index contributed by atoms with van der Waals surface area (Å²) >= 11 is 0. The lowest BCUT2D eigenvalue weighted by atomic mass is 10.1. The third kappa shape index (κ3) is 3.26. The number of aryl methyl sites for hydroxylation is 2. The van der Waals surface area contributed by atoms with Crippen molar-refractivity contribution in [3.05, 3.63) is 11.7 Å². The van der Waals surface area contributed by atoms with Crippen LogP contribution in [0.1, 0.15) is 32.0 Å². The van der Waals surface area contributed by atoms with E-state index in [1.165, 1.54) is 0 Å². The van der Waals surface area contributed by atoms with Gasteiger partial charge in [0.1, 0.15) is 0 Å². The van der Waals surface area contributed by atoms with Gasteiger partial charge in [0.15, 0.2) is 5.82 Å². The minimum atomic E-state index is 0.503. The summed E-state index contributed by atoms with van der Waals surface area (Å²) in [6.07, 6.45) is 1.91. The topological polar surface area (TPSA) is 51.4 Å². The van der Waals surface area contributed by atoms with Crippen LogP contribution in [0.3, 0.4) is 0 Å². The highest BCUT2D eigenvalue weighted by Gasteiger charge is 2.24. The molecule has 0 bridgehead atoms. The van der Waals surface area contributed by atoms with E-state index in [1.807, 2.05) is 6.92 Å². The Morgan fingerprint density at radius 2 is 2.00 bits per heavy atom. The Bertz CT molecular complexity index is 343. The zero-order valence-electron chi connectivity index (χ0n) is 10.8. The van der Waals surface area contributed by atoms with E-state index in [0.717, 1.165) is 38.5 Å². The van der Waals surface area contributed by atoms with Gasteiger partial charge in [-0.2, -0.15) is 4.98 Å². The molecule has 2 atom stereocenters. The van der Waals surface area contributed by atoms with Gasteiger partial charge in [-0.25, -0.2) is 0 Å². The summed E-state index contributed by atoms with van der Waals surface area (Å²) < 4.78 is 10.6. The Balaban J connectivity index is 1.77. The Morgan fingerprint density at radius 3 is 2.59 bits per heavy atom. The number of rotatable bonds is 4. The molecule has 0 saturated carbocycles. The second-order valence-corrected chi connectivity index (χ2v) is 4.81. The van der Waals surface area contributed by atoms with Gasteiger partial charge in [-0.15, -0.1) is 0 Å². The molecule has 5 heteroatoms. The van der Waals surface area contributed by atoms with Crippen molar-refractivity contribution in [3.63, 3.8) is 0 Å². The fraction of sp³-hybridized carbons (Fsp3) is 0.833. The fourth-order valence-electron chi connectivity index (χ4n) is 2.33. The molecule has 2 rings (SSSR count). The third-order valence-electron chi connectivity index (χ3n) is 3.23. The van der Waals surface area contributed by atoms with Gasteiger partial charge in [0.05, 0.1) is 13.2 Å². The molecule has 0 radical (unpaired) electrons. The van der Waals surface area contributed by atoms with Gasteiger partial charge >= 0.3 is 0 Å². The van der Waals surface area contributed by atoms with Gasteiger partial charge in [0.25, 0.3) is 0 Å². The molecule has 2 unspecified atom stereocenters. The van der Waals surface area contributed by atoms with Crippen LogP contribution in [0.4, 0.5) is 0 Å². The van der Waals surface area contributed by atoms with Crippen LogP contribution in [0.25, 0.3) is 0 Å². The summed E-state index contributed by atoms with van der Waals surface area (Å²) in [4.78, 5) is 6.70. The van der Waals surface area contributed by atoms with Gasteiger partial charge in [-0.3, -0.25) is 4.90 Å². The standard InChI is InChI=1S/C12H21N3O2/c1-9-7-16-8-10(2)15(9)6-4-5-12-13-11(3)14-17-12/h9-10H,4-8H2,1-3H3. The normalized spacial score (nSPS) is 26.3. The number of morpholine rings is 1. The summed E-state index contributed by atoms with van der Waals surface area (Å²) in [5.74, 6) is 1.46. The van der Waals surface area contributed by atoms with Crippen molar-refractivity contribution in [2.24, 2.45) is 0 Å². The zero-order chi connectivity index (χ0) is 12.3. The summed E-state index contributed by atoms with van der Waals surface area (Å²) in [6, 6.07) is 1.01. The Morgan fingerprint density at radius 1 is 1.29 bits per heavy atom. The van der Waals surface area contributed by atoms with E-state index in [2.05, 4.69) is 28.9 Å². The predicted octanol–water partition coefficient (Wildman–Crippen LogP) is 1.42. The minimum absolute atomic E-state index is 0.503. The van der Waals surface area contributed by atoms with Crippen LogP contribution in [0.15, 0.2) is 4.52 Å². The first kappa shape index (κ1) is 12.5. The predicted molar refractivity (Wildman–Crippen MR) is 63.8 cm³/mol. The van der Waals surface area contributed by atoms with Crippen molar-refractivity contribution in [2.75, 3.05) is 19.8 Å². The summed E-state index contributed by atoms with van der Waals surface area (Å²) in [5.41, 5.74) is 0. The summed E-state index contributed by atoms with van der Waals surface area (Å²) in [7, 11) is 0. The first-order valence-electron chi connectivity index (χ1n) is 6.29. The highest BCUT2D eigenvalue weighted by Crippen LogP contribution is 2.14. The van der Waals surface area contributed by atoms with Gasteiger partial charge in [-0.05, 0) is 33.7 Å². The van der Waals surface area contributed by atoms with Gasteiger partial charge < -0.3 is 9.26 Å². The lowest BCUT2D eigenvalue weighted by molar-refractivity contribution is -0.0369. The maximum atomic E-state index is 5.51. The molecule has 1 aromatic rings. The van der Waals surface area contributed by atoms with Crippen LogP contribution in [-0.4, -0.2) is 46.9 Å². The molecular formula is C12H21N3O2. The maximum absolute atomic E-state index is 5.51. The van der Waals surface area contributed by atoms with Crippen LogP contribution in [0.2, 0.25) is 0 Å². The van der Waals surface area contributed by atoms with E-state index < -0.39 is 0 Å². The van der Waals surface area contributed by atoms with Crippen LogP contribution in [0.5, 0.6) is 0 Å². The first-order chi connectivity index (χ1) is 8.16. The molecule has 2 heterocycles. The second kappa shape index (κ2) is 5.60. The largest absolute Gasteiger partial charge is 0.378 e. The zero-order valence-corrected chi connectivity index (χ0v) is 10.8. The SMILES string of the molecule is Cc1noc(CCCN2C(C)COCC2C)n1. The third-order valence-corrected chi connectivity index (χ3v) is 3.23. The molecule has 96 valence electrons. The number of hydrogen-bond acceptors (Lipinski definition) is 5. The van der Waals surface area contributed by atoms with E-state index >= 15 is 0 Å². The molecule has 0 spiro atoms. The molecule has 17 heavy (non-hydrogen) atoms. The fourth-order valence-corrected chi connectivity index (χ4v) is 2.33. The van der Waals surface area contributed by atoms with E-state index in [-0.39, 0.29) is 0 Å². The van der Waals surface area contributed by atoms with E-state index in [4.69, 9.17) is 9.26 Å². The van der Waals surface area contributed by atoms with Crippen LogP contribution in [-0.2, 0) is 11.2 Å². The molecule has 1 aliphatic heterocycles. The molecule has 0 aliphatic carbocycles. The number of nitrogens with zero attached hydrogens (tertiary/aromatic N) is 3. The van der Waals surface area contributed by atoms with Crippen molar-refractivity contribution < 1.29 is 9.26 Å². The Labute approximate surface area is 102 Å².